The van der Waals surface area contributed by atoms with Gasteiger partial charge in [0, 0.05) is 23.1 Å². The molecule has 0 unspecified atom stereocenters. The highest BCUT2D eigenvalue weighted by Crippen LogP contribution is 2.37. The molecule has 0 spiro atoms. The lowest BCUT2D eigenvalue weighted by atomic mass is 10.1. The van der Waals surface area contributed by atoms with Crippen molar-refractivity contribution in [2.24, 2.45) is 0 Å². The van der Waals surface area contributed by atoms with Crippen LogP contribution in [0.15, 0.2) is 73.1 Å². The first-order valence-electron chi connectivity index (χ1n) is 9.83. The van der Waals surface area contributed by atoms with Crippen LogP contribution in [0.2, 0.25) is 5.02 Å². The fraction of sp³-hybridized carbons (Fsp3) is 0.130. The standard InChI is InChI=1S/C23H18ClN5O2/c24-16-6-3-7-17(11-16)26-21(30)12-20-22(31)28(14-15-5-4-10-25-13-15)23-27-18-8-1-2-9-19(18)29(20)23/h1-11,13,20H,12,14H2,(H,26,30)/t20-/m1/s1. The Labute approximate surface area is 183 Å². The van der Waals surface area contributed by atoms with Gasteiger partial charge in [0.05, 0.1) is 24.0 Å². The van der Waals surface area contributed by atoms with Crippen molar-refractivity contribution in [1.82, 2.24) is 14.5 Å². The molecule has 2 amide bonds. The van der Waals surface area contributed by atoms with Crippen LogP contribution in [0.5, 0.6) is 0 Å². The number of hydrogen-bond acceptors (Lipinski definition) is 4. The number of anilines is 2. The van der Waals surface area contributed by atoms with Crippen molar-refractivity contribution in [3.63, 3.8) is 0 Å². The molecule has 7 nitrogen and oxygen atoms in total. The second kappa shape index (κ2) is 7.85. The van der Waals surface area contributed by atoms with Gasteiger partial charge in [-0.05, 0) is 42.0 Å². The van der Waals surface area contributed by atoms with E-state index in [9.17, 15) is 9.59 Å². The van der Waals surface area contributed by atoms with E-state index in [2.05, 4.69) is 15.3 Å². The Kier molecular flexibility index (Phi) is 4.88. The molecule has 1 aliphatic heterocycles. The van der Waals surface area contributed by atoms with Crippen molar-refractivity contribution in [3.05, 3.63) is 83.6 Å². The predicted octanol–water partition coefficient (Wildman–Crippen LogP) is 4.20. The minimum Gasteiger partial charge on any atom is -0.326 e. The SMILES string of the molecule is O=C(C[C@@H]1C(=O)N(Cc2cccnc2)c2nc3ccccc3n21)Nc1cccc(Cl)c1. The Morgan fingerprint density at radius 1 is 1.10 bits per heavy atom. The number of amides is 2. The van der Waals surface area contributed by atoms with Gasteiger partial charge in [-0.3, -0.25) is 24.0 Å². The Morgan fingerprint density at radius 3 is 2.77 bits per heavy atom. The number of benzene rings is 2. The number of pyridine rings is 1. The number of aromatic nitrogens is 3. The third-order valence-corrected chi connectivity index (χ3v) is 5.47. The van der Waals surface area contributed by atoms with Crippen molar-refractivity contribution in [3.8, 4) is 0 Å². The average molecular weight is 432 g/mol. The van der Waals surface area contributed by atoms with E-state index < -0.39 is 6.04 Å². The third-order valence-electron chi connectivity index (χ3n) is 5.23. The first kappa shape index (κ1) is 19.3. The summed E-state index contributed by atoms with van der Waals surface area (Å²) in [4.78, 5) is 36.6. The van der Waals surface area contributed by atoms with Crippen LogP contribution in [0.1, 0.15) is 18.0 Å². The molecule has 5 rings (SSSR count). The van der Waals surface area contributed by atoms with E-state index in [1.54, 1.807) is 41.6 Å². The van der Waals surface area contributed by atoms with Crippen molar-refractivity contribution in [1.29, 1.82) is 0 Å². The van der Waals surface area contributed by atoms with Crippen LogP contribution in [0, 0.1) is 0 Å². The Morgan fingerprint density at radius 2 is 1.97 bits per heavy atom. The second-order valence-electron chi connectivity index (χ2n) is 7.33. The predicted molar refractivity (Wildman–Crippen MR) is 119 cm³/mol. The quantitative estimate of drug-likeness (QED) is 0.513. The van der Waals surface area contributed by atoms with Crippen LogP contribution < -0.4 is 10.2 Å². The van der Waals surface area contributed by atoms with Crippen molar-refractivity contribution in [2.75, 3.05) is 10.2 Å². The highest BCUT2D eigenvalue weighted by atomic mass is 35.5. The minimum atomic E-state index is -0.682. The number of rotatable bonds is 5. The van der Waals surface area contributed by atoms with Crippen LogP contribution in [-0.2, 0) is 16.1 Å². The van der Waals surface area contributed by atoms with Crippen LogP contribution >= 0.6 is 11.6 Å². The highest BCUT2D eigenvalue weighted by Gasteiger charge is 2.40. The molecule has 154 valence electrons. The molecule has 0 saturated carbocycles. The number of hydrogen-bond donors (Lipinski definition) is 1. The molecular weight excluding hydrogens is 414 g/mol. The monoisotopic (exact) mass is 431 g/mol. The highest BCUT2D eigenvalue weighted by molar-refractivity contribution is 6.30. The molecule has 0 fully saturated rings. The number of nitrogens with zero attached hydrogens (tertiary/aromatic N) is 4. The van der Waals surface area contributed by atoms with Gasteiger partial charge in [0.15, 0.2) is 0 Å². The van der Waals surface area contributed by atoms with Gasteiger partial charge in [0.25, 0.3) is 5.91 Å². The van der Waals surface area contributed by atoms with Crippen molar-refractivity contribution >= 4 is 46.1 Å². The van der Waals surface area contributed by atoms with Gasteiger partial charge in [-0.1, -0.05) is 35.9 Å². The summed E-state index contributed by atoms with van der Waals surface area (Å²) in [6.07, 6.45) is 3.40. The second-order valence-corrected chi connectivity index (χ2v) is 7.77. The zero-order valence-electron chi connectivity index (χ0n) is 16.4. The Bertz CT molecular complexity index is 1290. The van der Waals surface area contributed by atoms with Crippen molar-refractivity contribution < 1.29 is 9.59 Å². The zero-order valence-corrected chi connectivity index (χ0v) is 17.2. The number of para-hydroxylation sites is 2. The molecule has 2 aromatic carbocycles. The maximum absolute atomic E-state index is 13.4. The zero-order chi connectivity index (χ0) is 21.4. The van der Waals surface area contributed by atoms with Gasteiger partial charge in [-0.15, -0.1) is 0 Å². The molecule has 3 heterocycles. The summed E-state index contributed by atoms with van der Waals surface area (Å²) in [5.74, 6) is 0.0986. The molecular formula is C23H18ClN5O2. The molecule has 1 aliphatic rings. The molecule has 31 heavy (non-hydrogen) atoms. The van der Waals surface area contributed by atoms with Crippen LogP contribution in [0.3, 0.4) is 0 Å². The first-order chi connectivity index (χ1) is 15.1. The van der Waals surface area contributed by atoms with Crippen LogP contribution in [0.25, 0.3) is 11.0 Å². The largest absolute Gasteiger partial charge is 0.326 e. The third kappa shape index (κ3) is 3.64. The van der Waals surface area contributed by atoms with E-state index in [0.29, 0.717) is 23.2 Å². The van der Waals surface area contributed by atoms with Gasteiger partial charge in [-0.2, -0.15) is 0 Å². The number of nitrogens with one attached hydrogen (secondary N) is 1. The van der Waals surface area contributed by atoms with Gasteiger partial charge in [0.2, 0.25) is 11.9 Å². The number of imidazole rings is 1. The lowest BCUT2D eigenvalue weighted by molar-refractivity contribution is -0.124. The molecule has 1 atom stereocenters. The maximum Gasteiger partial charge on any atom is 0.253 e. The van der Waals surface area contributed by atoms with E-state index >= 15 is 0 Å². The molecule has 0 bridgehead atoms. The maximum atomic E-state index is 13.4. The normalized spacial score (nSPS) is 15.3. The van der Waals surface area contributed by atoms with Crippen LogP contribution in [0.4, 0.5) is 11.6 Å². The first-order valence-corrected chi connectivity index (χ1v) is 10.2. The van der Waals surface area contributed by atoms with Gasteiger partial charge in [0.1, 0.15) is 6.04 Å². The summed E-state index contributed by atoms with van der Waals surface area (Å²) in [5, 5.41) is 3.36. The van der Waals surface area contributed by atoms with Gasteiger partial charge < -0.3 is 5.32 Å². The smallest absolute Gasteiger partial charge is 0.253 e. The fourth-order valence-electron chi connectivity index (χ4n) is 3.87. The summed E-state index contributed by atoms with van der Waals surface area (Å²) < 4.78 is 1.85. The van der Waals surface area contributed by atoms with E-state index in [1.165, 1.54) is 0 Å². The van der Waals surface area contributed by atoms with E-state index in [4.69, 9.17) is 11.6 Å². The lowest BCUT2D eigenvalue weighted by Crippen LogP contribution is -2.31. The van der Waals surface area contributed by atoms with E-state index in [-0.39, 0.29) is 18.2 Å². The molecule has 0 aliphatic carbocycles. The minimum absolute atomic E-state index is 0.0117. The topological polar surface area (TPSA) is 80.1 Å². The molecule has 0 radical (unpaired) electrons. The van der Waals surface area contributed by atoms with E-state index in [0.717, 1.165) is 16.6 Å². The number of carbonyl (C=O) groups excluding carboxylic acids is 2. The summed E-state index contributed by atoms with van der Waals surface area (Å²) in [7, 11) is 0. The Balaban J connectivity index is 1.47. The number of fused-ring (bicyclic) bond motifs is 3. The summed E-state index contributed by atoms with van der Waals surface area (Å²) >= 11 is 6.01. The summed E-state index contributed by atoms with van der Waals surface area (Å²) in [6, 6.07) is 17.6. The van der Waals surface area contributed by atoms with E-state index in [1.807, 2.05) is 41.0 Å². The molecule has 0 saturated heterocycles. The fourth-order valence-corrected chi connectivity index (χ4v) is 4.06. The molecule has 2 aromatic heterocycles. The molecule has 8 heteroatoms. The number of halogens is 1. The lowest BCUT2D eigenvalue weighted by Gasteiger charge is -2.16. The van der Waals surface area contributed by atoms with Crippen molar-refractivity contribution in [2.45, 2.75) is 19.0 Å². The summed E-state index contributed by atoms with van der Waals surface area (Å²) in [6.45, 7) is 0.336. The Hall–Kier alpha value is -3.71. The molecule has 4 aromatic rings. The molecule has 1 N–H and O–H groups in total. The number of carbonyl (C=O) groups is 2. The average Bonchev–Trinajstić information content (AvgIpc) is 3.25. The summed E-state index contributed by atoms with van der Waals surface area (Å²) in [5.41, 5.74) is 3.07. The van der Waals surface area contributed by atoms with Gasteiger partial charge in [-0.25, -0.2) is 4.98 Å². The van der Waals surface area contributed by atoms with Crippen LogP contribution in [-0.4, -0.2) is 26.3 Å². The van der Waals surface area contributed by atoms with Gasteiger partial charge >= 0.3 is 0 Å².